The van der Waals surface area contributed by atoms with Gasteiger partial charge in [0.15, 0.2) is 0 Å². The minimum atomic E-state index is -1.25. The number of aliphatic carboxylic acids is 2. The van der Waals surface area contributed by atoms with Gasteiger partial charge in [-0.25, -0.2) is 4.79 Å². The summed E-state index contributed by atoms with van der Waals surface area (Å²) in [4.78, 5) is 38.0. The SMILES string of the molecule is O=C(O)CN(CC(=O)O)C(=O)N1CCCN(CCO)CC1. The molecule has 0 aromatic carbocycles. The van der Waals surface area contributed by atoms with Crippen molar-refractivity contribution in [3.63, 3.8) is 0 Å². The smallest absolute Gasteiger partial charge is 0.323 e. The van der Waals surface area contributed by atoms with Gasteiger partial charge in [-0.05, 0) is 13.0 Å². The van der Waals surface area contributed by atoms with Crippen molar-refractivity contribution in [1.29, 1.82) is 0 Å². The molecule has 9 nitrogen and oxygen atoms in total. The van der Waals surface area contributed by atoms with Gasteiger partial charge >= 0.3 is 18.0 Å². The van der Waals surface area contributed by atoms with Crippen LogP contribution in [-0.2, 0) is 9.59 Å². The maximum atomic E-state index is 12.2. The molecule has 21 heavy (non-hydrogen) atoms. The number of rotatable bonds is 6. The summed E-state index contributed by atoms with van der Waals surface area (Å²) in [5.74, 6) is -2.50. The first-order chi connectivity index (χ1) is 9.93. The third kappa shape index (κ3) is 5.96. The highest BCUT2D eigenvalue weighted by molar-refractivity contribution is 5.84. The van der Waals surface area contributed by atoms with E-state index in [9.17, 15) is 14.4 Å². The fourth-order valence-electron chi connectivity index (χ4n) is 2.24. The summed E-state index contributed by atoms with van der Waals surface area (Å²) in [6.45, 7) is 1.42. The van der Waals surface area contributed by atoms with Crippen LogP contribution in [0.3, 0.4) is 0 Å². The molecule has 0 unspecified atom stereocenters. The Labute approximate surface area is 122 Å². The van der Waals surface area contributed by atoms with Crippen LogP contribution in [0.15, 0.2) is 0 Å². The fourth-order valence-corrected chi connectivity index (χ4v) is 2.24. The molecule has 1 aliphatic rings. The van der Waals surface area contributed by atoms with Gasteiger partial charge in [0, 0.05) is 26.2 Å². The molecule has 1 aliphatic heterocycles. The van der Waals surface area contributed by atoms with Crippen molar-refractivity contribution >= 4 is 18.0 Å². The normalized spacial score (nSPS) is 16.3. The minimum Gasteiger partial charge on any atom is -0.480 e. The van der Waals surface area contributed by atoms with Crippen LogP contribution in [0.2, 0.25) is 0 Å². The van der Waals surface area contributed by atoms with Gasteiger partial charge in [-0.3, -0.25) is 14.5 Å². The monoisotopic (exact) mass is 303 g/mol. The second-order valence-electron chi connectivity index (χ2n) is 4.83. The van der Waals surface area contributed by atoms with Crippen LogP contribution in [0.1, 0.15) is 6.42 Å². The third-order valence-electron chi connectivity index (χ3n) is 3.20. The molecule has 0 aromatic rings. The number of carboxylic acids is 2. The predicted octanol–water partition coefficient (Wildman–Crippen LogP) is -1.42. The van der Waals surface area contributed by atoms with E-state index < -0.39 is 31.1 Å². The molecule has 9 heteroatoms. The molecule has 1 rings (SSSR count). The average molecular weight is 303 g/mol. The summed E-state index contributed by atoms with van der Waals surface area (Å²) in [5.41, 5.74) is 0. The Morgan fingerprint density at radius 1 is 0.952 bits per heavy atom. The number of amides is 2. The van der Waals surface area contributed by atoms with E-state index in [1.54, 1.807) is 0 Å². The summed E-state index contributed by atoms with van der Waals surface area (Å²) >= 11 is 0. The molecule has 120 valence electrons. The molecule has 0 aliphatic carbocycles. The standard InChI is InChI=1S/C12H21N3O6/c16-7-6-13-2-1-3-14(5-4-13)12(21)15(8-10(17)18)9-11(19)20/h16H,1-9H2,(H,17,18)(H,19,20). The number of carbonyl (C=O) groups is 3. The summed E-state index contributed by atoms with van der Waals surface area (Å²) < 4.78 is 0. The highest BCUT2D eigenvalue weighted by Gasteiger charge is 2.26. The summed E-state index contributed by atoms with van der Waals surface area (Å²) in [6.07, 6.45) is 0.694. The number of hydrogen-bond acceptors (Lipinski definition) is 5. The number of carbonyl (C=O) groups excluding carboxylic acids is 1. The van der Waals surface area contributed by atoms with Gasteiger partial charge in [0.05, 0.1) is 6.61 Å². The van der Waals surface area contributed by atoms with E-state index in [1.165, 1.54) is 4.90 Å². The molecule has 0 saturated carbocycles. The number of hydrogen-bond donors (Lipinski definition) is 3. The molecule has 1 fully saturated rings. The van der Waals surface area contributed by atoms with Gasteiger partial charge in [-0.15, -0.1) is 0 Å². The Balaban J connectivity index is 2.65. The van der Waals surface area contributed by atoms with Gasteiger partial charge < -0.3 is 25.1 Å². The zero-order valence-corrected chi connectivity index (χ0v) is 11.8. The zero-order valence-electron chi connectivity index (χ0n) is 11.8. The minimum absolute atomic E-state index is 0.0398. The van der Waals surface area contributed by atoms with Crippen molar-refractivity contribution in [2.45, 2.75) is 6.42 Å². The van der Waals surface area contributed by atoms with Gasteiger partial charge in [0.1, 0.15) is 13.1 Å². The number of β-amino-alcohol motifs (C(OH)–C–C–N with tert-alkyl or cyclic N) is 1. The van der Waals surface area contributed by atoms with Crippen LogP contribution in [-0.4, -0.2) is 100 Å². The number of aliphatic hydroxyl groups is 1. The van der Waals surface area contributed by atoms with Gasteiger partial charge in [-0.2, -0.15) is 0 Å². The van der Waals surface area contributed by atoms with Crippen molar-refractivity contribution in [3.8, 4) is 0 Å². The highest BCUT2D eigenvalue weighted by atomic mass is 16.4. The second kappa shape index (κ2) is 8.42. The van der Waals surface area contributed by atoms with E-state index in [1.807, 2.05) is 4.90 Å². The summed E-state index contributed by atoms with van der Waals surface area (Å²) in [6, 6.07) is -0.578. The zero-order chi connectivity index (χ0) is 15.8. The molecular formula is C12H21N3O6. The van der Waals surface area contributed by atoms with Crippen molar-refractivity contribution in [3.05, 3.63) is 0 Å². The number of aliphatic hydroxyl groups excluding tert-OH is 1. The molecule has 1 heterocycles. The van der Waals surface area contributed by atoms with E-state index in [0.29, 0.717) is 32.6 Å². The van der Waals surface area contributed by atoms with E-state index in [2.05, 4.69) is 0 Å². The predicted molar refractivity (Wildman–Crippen MR) is 72.0 cm³/mol. The first kappa shape index (κ1) is 17.2. The number of urea groups is 1. The number of carboxylic acid groups (broad SMARTS) is 2. The number of nitrogens with zero attached hydrogens (tertiary/aromatic N) is 3. The van der Waals surface area contributed by atoms with Crippen LogP contribution in [0, 0.1) is 0 Å². The Morgan fingerprint density at radius 2 is 1.57 bits per heavy atom. The molecular weight excluding hydrogens is 282 g/mol. The van der Waals surface area contributed by atoms with Crippen molar-refractivity contribution < 1.29 is 29.7 Å². The third-order valence-corrected chi connectivity index (χ3v) is 3.20. The Kier molecular flexibility index (Phi) is 6.89. The van der Waals surface area contributed by atoms with Crippen LogP contribution >= 0.6 is 0 Å². The largest absolute Gasteiger partial charge is 0.480 e. The van der Waals surface area contributed by atoms with Crippen LogP contribution in [0.5, 0.6) is 0 Å². The second-order valence-corrected chi connectivity index (χ2v) is 4.83. The lowest BCUT2D eigenvalue weighted by Crippen LogP contribution is -2.48. The van der Waals surface area contributed by atoms with E-state index in [-0.39, 0.29) is 6.61 Å². The van der Waals surface area contributed by atoms with Gasteiger partial charge in [-0.1, -0.05) is 0 Å². The molecule has 0 bridgehead atoms. The highest BCUT2D eigenvalue weighted by Crippen LogP contribution is 2.06. The lowest BCUT2D eigenvalue weighted by Gasteiger charge is -2.28. The molecule has 2 amide bonds. The molecule has 0 atom stereocenters. The molecule has 1 saturated heterocycles. The lowest BCUT2D eigenvalue weighted by atomic mass is 10.4. The first-order valence-electron chi connectivity index (χ1n) is 6.74. The van der Waals surface area contributed by atoms with E-state index >= 15 is 0 Å². The van der Waals surface area contributed by atoms with Crippen LogP contribution in [0.4, 0.5) is 4.79 Å². The van der Waals surface area contributed by atoms with E-state index in [0.717, 1.165) is 11.4 Å². The summed E-state index contributed by atoms with van der Waals surface area (Å²) in [7, 11) is 0. The van der Waals surface area contributed by atoms with Crippen molar-refractivity contribution in [2.24, 2.45) is 0 Å². The molecule has 0 radical (unpaired) electrons. The summed E-state index contributed by atoms with van der Waals surface area (Å²) in [5, 5.41) is 26.5. The van der Waals surface area contributed by atoms with Gasteiger partial charge in [0.25, 0.3) is 0 Å². The maximum absolute atomic E-state index is 12.2. The average Bonchev–Trinajstić information content (AvgIpc) is 2.62. The van der Waals surface area contributed by atoms with Crippen LogP contribution in [0.25, 0.3) is 0 Å². The first-order valence-corrected chi connectivity index (χ1v) is 6.74. The topological polar surface area (TPSA) is 122 Å². The van der Waals surface area contributed by atoms with Crippen LogP contribution < -0.4 is 0 Å². The fraction of sp³-hybridized carbons (Fsp3) is 0.750. The maximum Gasteiger partial charge on any atom is 0.323 e. The molecule has 0 spiro atoms. The Bertz CT molecular complexity index is 373. The van der Waals surface area contributed by atoms with Crippen molar-refractivity contribution in [1.82, 2.24) is 14.7 Å². The Morgan fingerprint density at radius 3 is 2.10 bits per heavy atom. The van der Waals surface area contributed by atoms with Gasteiger partial charge in [0.2, 0.25) is 0 Å². The lowest BCUT2D eigenvalue weighted by molar-refractivity contribution is -0.140. The Hall–Kier alpha value is -1.87. The quantitative estimate of drug-likeness (QED) is 0.550. The van der Waals surface area contributed by atoms with Crippen molar-refractivity contribution in [2.75, 3.05) is 52.4 Å². The van der Waals surface area contributed by atoms with E-state index in [4.69, 9.17) is 15.3 Å². The molecule has 3 N–H and O–H groups in total. The molecule has 0 aromatic heterocycles.